The smallest absolute Gasteiger partial charge is 0.194 e. The van der Waals surface area contributed by atoms with Gasteiger partial charge in [0.05, 0.1) is 5.69 Å². The van der Waals surface area contributed by atoms with Crippen LogP contribution in [-0.4, -0.2) is 14.4 Å². The van der Waals surface area contributed by atoms with Crippen molar-refractivity contribution in [1.29, 1.82) is 0 Å². The Balaban J connectivity index is 2.19. The highest BCUT2D eigenvalue weighted by molar-refractivity contribution is 7.15. The maximum atomic E-state index is 4.46. The van der Waals surface area contributed by atoms with E-state index in [4.69, 9.17) is 0 Å². The first kappa shape index (κ1) is 7.70. The van der Waals surface area contributed by atoms with Gasteiger partial charge in [-0.25, -0.2) is 4.98 Å². The van der Waals surface area contributed by atoms with Gasteiger partial charge in [0, 0.05) is 24.0 Å². The molecule has 0 bridgehead atoms. The fourth-order valence-electron chi connectivity index (χ4n) is 1.37. The lowest BCUT2D eigenvalue weighted by molar-refractivity contribution is 1.23. The maximum absolute atomic E-state index is 4.46. The van der Waals surface area contributed by atoms with Crippen LogP contribution in [0.5, 0.6) is 0 Å². The minimum atomic E-state index is 0.920. The average Bonchev–Trinajstić information content (AvgIpc) is 2.78. The molecule has 0 fully saturated rings. The Morgan fingerprint density at radius 3 is 3.00 bits per heavy atom. The van der Waals surface area contributed by atoms with Gasteiger partial charge in [0.1, 0.15) is 5.69 Å². The van der Waals surface area contributed by atoms with Crippen LogP contribution in [0.4, 0.5) is 0 Å². The number of thiazole rings is 1. The fourth-order valence-corrected chi connectivity index (χ4v) is 2.07. The summed E-state index contributed by atoms with van der Waals surface area (Å²) in [5, 5.41) is 2.02. The second kappa shape index (κ2) is 2.92. The van der Waals surface area contributed by atoms with Gasteiger partial charge in [0.15, 0.2) is 4.96 Å². The summed E-state index contributed by atoms with van der Waals surface area (Å²) >= 11 is 1.63. The SMILES string of the molecule is c1ccc(-c2cn3ccsc3n2)nc1. The van der Waals surface area contributed by atoms with Crippen molar-refractivity contribution in [3.05, 3.63) is 42.2 Å². The molecular weight excluding hydrogens is 194 g/mol. The minimum Gasteiger partial charge on any atom is -0.297 e. The summed E-state index contributed by atoms with van der Waals surface area (Å²) in [5.74, 6) is 0. The van der Waals surface area contributed by atoms with Gasteiger partial charge < -0.3 is 0 Å². The highest BCUT2D eigenvalue weighted by Gasteiger charge is 2.04. The topological polar surface area (TPSA) is 30.2 Å². The molecule has 14 heavy (non-hydrogen) atoms. The van der Waals surface area contributed by atoms with Crippen LogP contribution in [-0.2, 0) is 0 Å². The summed E-state index contributed by atoms with van der Waals surface area (Å²) in [5.41, 5.74) is 1.85. The zero-order valence-electron chi connectivity index (χ0n) is 7.29. The summed E-state index contributed by atoms with van der Waals surface area (Å²) in [6.07, 6.45) is 5.77. The summed E-state index contributed by atoms with van der Waals surface area (Å²) in [4.78, 5) is 9.72. The molecule has 0 aliphatic heterocycles. The van der Waals surface area contributed by atoms with Crippen molar-refractivity contribution in [3.8, 4) is 11.4 Å². The summed E-state index contributed by atoms with van der Waals surface area (Å²) in [7, 11) is 0. The first-order chi connectivity index (χ1) is 6.93. The van der Waals surface area contributed by atoms with Crippen LogP contribution < -0.4 is 0 Å². The molecule has 0 aromatic carbocycles. The van der Waals surface area contributed by atoms with Gasteiger partial charge in [-0.05, 0) is 12.1 Å². The van der Waals surface area contributed by atoms with E-state index in [9.17, 15) is 0 Å². The van der Waals surface area contributed by atoms with E-state index in [1.165, 1.54) is 0 Å². The molecule has 0 amide bonds. The van der Waals surface area contributed by atoms with Gasteiger partial charge in [-0.3, -0.25) is 9.38 Å². The van der Waals surface area contributed by atoms with Crippen LogP contribution in [0.3, 0.4) is 0 Å². The lowest BCUT2D eigenvalue weighted by Gasteiger charge is -1.91. The molecule has 0 aliphatic carbocycles. The molecule has 3 rings (SSSR count). The van der Waals surface area contributed by atoms with Crippen molar-refractivity contribution in [1.82, 2.24) is 14.4 Å². The summed E-state index contributed by atoms with van der Waals surface area (Å²) < 4.78 is 2.01. The molecule has 0 aliphatic rings. The summed E-state index contributed by atoms with van der Waals surface area (Å²) in [6, 6.07) is 5.84. The third-order valence-electron chi connectivity index (χ3n) is 2.02. The van der Waals surface area contributed by atoms with E-state index >= 15 is 0 Å². The van der Waals surface area contributed by atoms with Crippen LogP contribution in [0.1, 0.15) is 0 Å². The Labute approximate surface area is 84.7 Å². The molecule has 0 N–H and O–H groups in total. The normalized spacial score (nSPS) is 10.9. The molecule has 3 aromatic heterocycles. The monoisotopic (exact) mass is 201 g/mol. The molecule has 0 radical (unpaired) electrons. The number of fused-ring (bicyclic) bond motifs is 1. The summed E-state index contributed by atoms with van der Waals surface area (Å²) in [6.45, 7) is 0. The van der Waals surface area contributed by atoms with E-state index in [1.54, 1.807) is 17.5 Å². The van der Waals surface area contributed by atoms with Gasteiger partial charge in [-0.15, -0.1) is 11.3 Å². The number of pyridine rings is 1. The largest absolute Gasteiger partial charge is 0.297 e. The molecule has 4 heteroatoms. The van der Waals surface area contributed by atoms with Gasteiger partial charge in [0.2, 0.25) is 0 Å². The number of aromatic nitrogens is 3. The van der Waals surface area contributed by atoms with Gasteiger partial charge >= 0.3 is 0 Å². The average molecular weight is 201 g/mol. The fraction of sp³-hybridized carbons (Fsp3) is 0. The molecule has 0 saturated heterocycles. The Hall–Kier alpha value is -1.68. The zero-order chi connectivity index (χ0) is 9.38. The maximum Gasteiger partial charge on any atom is 0.194 e. The van der Waals surface area contributed by atoms with Gasteiger partial charge in [0.25, 0.3) is 0 Å². The van der Waals surface area contributed by atoms with E-state index < -0.39 is 0 Å². The Morgan fingerprint density at radius 2 is 2.21 bits per heavy atom. The van der Waals surface area contributed by atoms with Gasteiger partial charge in [-0.2, -0.15) is 0 Å². The van der Waals surface area contributed by atoms with E-state index in [2.05, 4.69) is 9.97 Å². The van der Waals surface area contributed by atoms with E-state index in [0.29, 0.717) is 0 Å². The predicted octanol–water partition coefficient (Wildman–Crippen LogP) is 2.46. The van der Waals surface area contributed by atoms with Crippen molar-refractivity contribution in [2.75, 3.05) is 0 Å². The third-order valence-corrected chi connectivity index (χ3v) is 2.79. The number of hydrogen-bond acceptors (Lipinski definition) is 3. The van der Waals surface area contributed by atoms with E-state index in [-0.39, 0.29) is 0 Å². The van der Waals surface area contributed by atoms with Crippen LogP contribution in [0, 0.1) is 0 Å². The standard InChI is InChI=1S/C10H7N3S/c1-2-4-11-8(3-1)9-7-13-5-6-14-10(13)12-9/h1-7H. The molecule has 68 valence electrons. The van der Waals surface area contributed by atoms with Crippen molar-refractivity contribution < 1.29 is 0 Å². The number of nitrogens with zero attached hydrogens (tertiary/aromatic N) is 3. The van der Waals surface area contributed by atoms with Crippen LogP contribution in [0.25, 0.3) is 16.3 Å². The number of imidazole rings is 1. The molecular formula is C10H7N3S. The second-order valence-corrected chi connectivity index (χ2v) is 3.81. The first-order valence-electron chi connectivity index (χ1n) is 4.27. The van der Waals surface area contributed by atoms with Crippen LogP contribution in [0.15, 0.2) is 42.2 Å². The van der Waals surface area contributed by atoms with E-state index in [1.807, 2.05) is 40.4 Å². The van der Waals surface area contributed by atoms with Crippen molar-refractivity contribution in [2.24, 2.45) is 0 Å². The number of rotatable bonds is 1. The molecule has 0 saturated carbocycles. The molecule has 3 nitrogen and oxygen atoms in total. The molecule has 0 atom stereocenters. The van der Waals surface area contributed by atoms with Crippen molar-refractivity contribution in [2.45, 2.75) is 0 Å². The second-order valence-electron chi connectivity index (χ2n) is 2.93. The van der Waals surface area contributed by atoms with E-state index in [0.717, 1.165) is 16.3 Å². The molecule has 3 aromatic rings. The highest BCUT2D eigenvalue weighted by Crippen LogP contribution is 2.18. The molecule has 0 unspecified atom stereocenters. The Bertz CT molecular complexity index is 524. The van der Waals surface area contributed by atoms with Crippen molar-refractivity contribution in [3.63, 3.8) is 0 Å². The minimum absolute atomic E-state index is 0.920. The van der Waals surface area contributed by atoms with Crippen LogP contribution in [0.2, 0.25) is 0 Å². The lowest BCUT2D eigenvalue weighted by atomic mass is 10.3. The quantitative estimate of drug-likeness (QED) is 0.605. The predicted molar refractivity (Wildman–Crippen MR) is 56.3 cm³/mol. The van der Waals surface area contributed by atoms with Gasteiger partial charge in [-0.1, -0.05) is 6.07 Å². The Kier molecular flexibility index (Phi) is 1.61. The zero-order valence-corrected chi connectivity index (χ0v) is 8.11. The lowest BCUT2D eigenvalue weighted by Crippen LogP contribution is -1.80. The number of hydrogen-bond donors (Lipinski definition) is 0. The third kappa shape index (κ3) is 1.12. The Morgan fingerprint density at radius 1 is 1.21 bits per heavy atom. The van der Waals surface area contributed by atoms with Crippen molar-refractivity contribution >= 4 is 16.3 Å². The van der Waals surface area contributed by atoms with Crippen LogP contribution >= 0.6 is 11.3 Å². The molecule has 3 heterocycles. The first-order valence-corrected chi connectivity index (χ1v) is 5.15. The highest BCUT2D eigenvalue weighted by atomic mass is 32.1. The molecule has 0 spiro atoms.